The van der Waals surface area contributed by atoms with Crippen molar-refractivity contribution in [3.8, 4) is 0 Å². The Kier molecular flexibility index (Phi) is 6.22. The van der Waals surface area contributed by atoms with E-state index in [1.165, 1.54) is 12.1 Å². The van der Waals surface area contributed by atoms with Gasteiger partial charge in [-0.25, -0.2) is 0 Å². The number of benzene rings is 1. The minimum absolute atomic E-state index is 0. The molecule has 0 radical (unpaired) electrons. The highest BCUT2D eigenvalue weighted by Crippen LogP contribution is 2.29. The predicted molar refractivity (Wildman–Crippen MR) is 77.7 cm³/mol. The second kappa shape index (κ2) is 7.30. The second-order valence-electron chi connectivity index (χ2n) is 5.20. The lowest BCUT2D eigenvalue weighted by molar-refractivity contribution is -0.137. The van der Waals surface area contributed by atoms with Crippen LogP contribution in [0.5, 0.6) is 0 Å². The van der Waals surface area contributed by atoms with E-state index in [9.17, 15) is 23.1 Å². The van der Waals surface area contributed by atoms with Crippen LogP contribution in [0.2, 0.25) is 0 Å². The zero-order valence-electron chi connectivity index (χ0n) is 11.9. The van der Waals surface area contributed by atoms with Gasteiger partial charge in [-0.05, 0) is 31.0 Å². The average molecular weight is 339 g/mol. The number of amides is 1. The Labute approximate surface area is 132 Å². The van der Waals surface area contributed by atoms with Gasteiger partial charge in [0.05, 0.1) is 23.8 Å². The molecule has 0 aromatic heterocycles. The number of halogens is 4. The Balaban J connectivity index is 0.00000242. The van der Waals surface area contributed by atoms with Crippen LogP contribution < -0.4 is 10.6 Å². The lowest BCUT2D eigenvalue weighted by Crippen LogP contribution is -2.41. The number of aliphatic hydroxyl groups excluding tert-OH is 1. The number of β-amino-alcohol motifs (C(OH)–C–C–N with tert-alkyl or cyclic N) is 1. The van der Waals surface area contributed by atoms with Crippen molar-refractivity contribution in [1.82, 2.24) is 10.6 Å². The Morgan fingerprint density at radius 2 is 1.95 bits per heavy atom. The van der Waals surface area contributed by atoms with Crippen LogP contribution in [0, 0.1) is 0 Å². The van der Waals surface area contributed by atoms with E-state index in [1.807, 2.05) is 0 Å². The summed E-state index contributed by atoms with van der Waals surface area (Å²) in [5.74, 6) is -0.265. The van der Waals surface area contributed by atoms with Crippen LogP contribution in [0.3, 0.4) is 0 Å². The van der Waals surface area contributed by atoms with Crippen molar-refractivity contribution in [2.75, 3.05) is 6.54 Å². The quantitative estimate of drug-likeness (QED) is 0.790. The highest BCUT2D eigenvalue weighted by atomic mass is 35.5. The fourth-order valence-corrected chi connectivity index (χ4v) is 2.27. The highest BCUT2D eigenvalue weighted by molar-refractivity contribution is 5.85. The topological polar surface area (TPSA) is 61.4 Å². The number of alkyl halides is 3. The van der Waals surface area contributed by atoms with E-state index in [2.05, 4.69) is 10.6 Å². The molecule has 1 fully saturated rings. The summed E-state index contributed by atoms with van der Waals surface area (Å²) in [6.07, 6.45) is -4.57. The number of carbonyl (C=O) groups excluding carboxylic acids is 1. The molecule has 8 heteroatoms. The van der Waals surface area contributed by atoms with Crippen molar-refractivity contribution in [1.29, 1.82) is 0 Å². The smallest absolute Gasteiger partial charge is 0.392 e. The van der Waals surface area contributed by atoms with Gasteiger partial charge in [0, 0.05) is 6.54 Å². The molecule has 0 aliphatic carbocycles. The molecule has 124 valence electrons. The molecule has 1 aromatic carbocycles. The molecule has 1 saturated heterocycles. The molecular weight excluding hydrogens is 321 g/mol. The van der Waals surface area contributed by atoms with E-state index in [0.29, 0.717) is 18.5 Å². The van der Waals surface area contributed by atoms with Crippen molar-refractivity contribution >= 4 is 18.3 Å². The molecule has 1 aliphatic heterocycles. The largest absolute Gasteiger partial charge is 0.416 e. The van der Waals surface area contributed by atoms with Crippen molar-refractivity contribution < 1.29 is 23.1 Å². The highest BCUT2D eigenvalue weighted by Gasteiger charge is 2.31. The number of hydrogen-bond donors (Lipinski definition) is 3. The van der Waals surface area contributed by atoms with E-state index in [1.54, 1.807) is 6.92 Å². The minimum atomic E-state index is -4.37. The molecule has 3 atom stereocenters. The summed E-state index contributed by atoms with van der Waals surface area (Å²) >= 11 is 0. The molecule has 1 aliphatic rings. The van der Waals surface area contributed by atoms with Gasteiger partial charge in [0.2, 0.25) is 5.91 Å². The van der Waals surface area contributed by atoms with E-state index >= 15 is 0 Å². The molecule has 2 rings (SSSR count). The maximum atomic E-state index is 12.5. The summed E-state index contributed by atoms with van der Waals surface area (Å²) in [7, 11) is 0. The standard InChI is InChI=1S/C14H17F3N2O2.ClH/c1-8(19-13(21)12-6-11(20)7-18-12)9-2-4-10(5-3-9)14(15,16)17;/h2-5,8,11-12,18,20H,6-7H2,1H3,(H,19,21);1H. The second-order valence-corrected chi connectivity index (χ2v) is 5.20. The van der Waals surface area contributed by atoms with Crippen molar-refractivity contribution in [2.45, 2.75) is 37.7 Å². The van der Waals surface area contributed by atoms with Crippen LogP contribution in [0.1, 0.15) is 30.5 Å². The summed E-state index contributed by atoms with van der Waals surface area (Å²) in [5.41, 5.74) is -0.125. The Bertz CT molecular complexity index is 508. The maximum Gasteiger partial charge on any atom is 0.416 e. The monoisotopic (exact) mass is 338 g/mol. The Hall–Kier alpha value is -1.31. The third kappa shape index (κ3) is 4.59. The summed E-state index contributed by atoms with van der Waals surface area (Å²) in [5, 5.41) is 15.0. The van der Waals surface area contributed by atoms with Gasteiger partial charge in [-0.15, -0.1) is 12.4 Å². The first-order valence-electron chi connectivity index (χ1n) is 6.66. The molecule has 3 unspecified atom stereocenters. The fourth-order valence-electron chi connectivity index (χ4n) is 2.27. The lowest BCUT2D eigenvalue weighted by Gasteiger charge is -2.18. The summed E-state index contributed by atoms with van der Waals surface area (Å²) in [6.45, 7) is 2.07. The van der Waals surface area contributed by atoms with Crippen LogP contribution >= 0.6 is 12.4 Å². The Morgan fingerprint density at radius 3 is 2.41 bits per heavy atom. The molecule has 4 nitrogen and oxygen atoms in total. The van der Waals surface area contributed by atoms with Crippen LogP contribution in [-0.4, -0.2) is 29.7 Å². The first-order chi connectivity index (χ1) is 9.77. The SMILES string of the molecule is CC(NC(=O)C1CC(O)CN1)c1ccc(C(F)(F)F)cc1.Cl. The van der Waals surface area contributed by atoms with Gasteiger partial charge in [-0.2, -0.15) is 13.2 Å². The molecule has 0 spiro atoms. The number of nitrogens with one attached hydrogen (secondary N) is 2. The number of aliphatic hydroxyl groups is 1. The number of hydrogen-bond acceptors (Lipinski definition) is 3. The van der Waals surface area contributed by atoms with E-state index in [-0.39, 0.29) is 18.3 Å². The maximum absolute atomic E-state index is 12.5. The van der Waals surface area contributed by atoms with Gasteiger partial charge in [-0.1, -0.05) is 12.1 Å². The molecule has 1 heterocycles. The predicted octanol–water partition coefficient (Wildman–Crippen LogP) is 2.03. The molecule has 1 aromatic rings. The molecule has 0 saturated carbocycles. The third-order valence-corrected chi connectivity index (χ3v) is 3.52. The van der Waals surface area contributed by atoms with E-state index < -0.39 is 29.9 Å². The molecule has 22 heavy (non-hydrogen) atoms. The van der Waals surface area contributed by atoms with Crippen molar-refractivity contribution in [3.63, 3.8) is 0 Å². The van der Waals surface area contributed by atoms with Gasteiger partial charge in [0.15, 0.2) is 0 Å². The lowest BCUT2D eigenvalue weighted by atomic mass is 10.1. The van der Waals surface area contributed by atoms with Crippen LogP contribution in [0.25, 0.3) is 0 Å². The van der Waals surface area contributed by atoms with Crippen LogP contribution in [-0.2, 0) is 11.0 Å². The fraction of sp³-hybridized carbons (Fsp3) is 0.500. The van der Waals surface area contributed by atoms with Gasteiger partial charge < -0.3 is 15.7 Å². The van der Waals surface area contributed by atoms with Gasteiger partial charge >= 0.3 is 6.18 Å². The van der Waals surface area contributed by atoms with Crippen LogP contribution in [0.4, 0.5) is 13.2 Å². The molecule has 0 bridgehead atoms. The Morgan fingerprint density at radius 1 is 1.36 bits per heavy atom. The molecule has 1 amide bonds. The summed E-state index contributed by atoms with van der Waals surface area (Å²) in [4.78, 5) is 11.9. The summed E-state index contributed by atoms with van der Waals surface area (Å²) < 4.78 is 37.4. The van der Waals surface area contributed by atoms with Gasteiger partial charge in [0.1, 0.15) is 0 Å². The number of carbonyl (C=O) groups is 1. The average Bonchev–Trinajstić information content (AvgIpc) is 2.84. The molecule has 3 N–H and O–H groups in total. The van der Waals surface area contributed by atoms with E-state index in [4.69, 9.17) is 0 Å². The van der Waals surface area contributed by atoms with E-state index in [0.717, 1.165) is 12.1 Å². The third-order valence-electron chi connectivity index (χ3n) is 3.52. The van der Waals surface area contributed by atoms with Gasteiger partial charge in [0.25, 0.3) is 0 Å². The van der Waals surface area contributed by atoms with Gasteiger partial charge in [-0.3, -0.25) is 4.79 Å². The molecular formula is C14H18ClF3N2O2. The first kappa shape index (κ1) is 18.7. The summed E-state index contributed by atoms with van der Waals surface area (Å²) in [6, 6.07) is 3.83. The zero-order chi connectivity index (χ0) is 15.6. The van der Waals surface area contributed by atoms with Crippen LogP contribution in [0.15, 0.2) is 24.3 Å². The van der Waals surface area contributed by atoms with Crippen molar-refractivity contribution in [2.24, 2.45) is 0 Å². The number of rotatable bonds is 3. The van der Waals surface area contributed by atoms with Crippen molar-refractivity contribution in [3.05, 3.63) is 35.4 Å². The normalized spacial score (nSPS) is 22.8. The zero-order valence-corrected chi connectivity index (χ0v) is 12.7. The minimum Gasteiger partial charge on any atom is -0.392 e. The first-order valence-corrected chi connectivity index (χ1v) is 6.66.